The average molecular weight is 323 g/mol. The Labute approximate surface area is 126 Å². The maximum absolute atomic E-state index is 11.6. The highest BCUT2D eigenvalue weighted by atomic mass is 32.2. The van der Waals surface area contributed by atoms with Gasteiger partial charge in [-0.1, -0.05) is 6.07 Å². The van der Waals surface area contributed by atoms with Gasteiger partial charge in [0.25, 0.3) is 5.91 Å². The van der Waals surface area contributed by atoms with Crippen LogP contribution in [-0.2, 0) is 14.8 Å². The van der Waals surface area contributed by atoms with Crippen LogP contribution in [-0.4, -0.2) is 14.3 Å². The molecule has 0 aliphatic heterocycles. The number of carbonyl (C=O) groups is 1. The van der Waals surface area contributed by atoms with Crippen molar-refractivity contribution in [2.24, 2.45) is 5.14 Å². The van der Waals surface area contributed by atoms with Crippen molar-refractivity contribution in [1.82, 2.24) is 5.43 Å². The second-order valence-corrected chi connectivity index (χ2v) is 6.57. The van der Waals surface area contributed by atoms with Crippen LogP contribution in [0.2, 0.25) is 0 Å². The number of hydrazine groups is 1. The monoisotopic (exact) mass is 323 g/mol. The molecule has 0 saturated carbocycles. The van der Waals surface area contributed by atoms with Crippen LogP contribution in [0.3, 0.4) is 0 Å². The topological polar surface area (TPSA) is 101 Å². The molecule has 0 bridgehead atoms. The summed E-state index contributed by atoms with van der Waals surface area (Å²) in [5.74, 6) is -0.320. The molecule has 0 saturated heterocycles. The summed E-state index contributed by atoms with van der Waals surface area (Å²) >= 11 is 1.53. The first-order chi connectivity index (χ1) is 9.95. The van der Waals surface area contributed by atoms with Gasteiger partial charge in [0.2, 0.25) is 10.0 Å². The molecule has 0 radical (unpaired) electrons. The third-order valence-corrected chi connectivity index (χ3v) is 4.22. The minimum absolute atomic E-state index is 0.0111. The van der Waals surface area contributed by atoms with E-state index in [9.17, 15) is 13.2 Å². The number of hydrogen-bond donors (Lipinski definition) is 3. The SMILES string of the molecule is NS(=O)(=O)c1ccc(NNC(=O)/C=C/c2cccs2)cc1. The third kappa shape index (κ3) is 4.71. The summed E-state index contributed by atoms with van der Waals surface area (Å²) in [6.07, 6.45) is 3.10. The fourth-order valence-corrected chi connectivity index (χ4v) is 2.58. The van der Waals surface area contributed by atoms with Gasteiger partial charge in [-0.2, -0.15) is 0 Å². The Morgan fingerprint density at radius 3 is 2.48 bits per heavy atom. The minimum atomic E-state index is -3.71. The Morgan fingerprint density at radius 1 is 1.19 bits per heavy atom. The zero-order chi connectivity index (χ0) is 15.3. The zero-order valence-corrected chi connectivity index (χ0v) is 12.4. The molecule has 1 heterocycles. The van der Waals surface area contributed by atoms with Gasteiger partial charge in [0.15, 0.2) is 0 Å². The van der Waals surface area contributed by atoms with Crippen LogP contribution in [0.25, 0.3) is 6.08 Å². The van der Waals surface area contributed by atoms with Crippen molar-refractivity contribution in [3.63, 3.8) is 0 Å². The van der Waals surface area contributed by atoms with E-state index in [2.05, 4.69) is 10.9 Å². The molecule has 0 spiro atoms. The summed E-state index contributed by atoms with van der Waals surface area (Å²) in [6.45, 7) is 0. The molecule has 8 heteroatoms. The summed E-state index contributed by atoms with van der Waals surface area (Å²) in [7, 11) is -3.71. The molecule has 0 unspecified atom stereocenters. The summed E-state index contributed by atoms with van der Waals surface area (Å²) in [5, 5.41) is 6.91. The summed E-state index contributed by atoms with van der Waals surface area (Å²) in [6, 6.07) is 9.50. The Bertz CT molecular complexity index is 735. The Kier molecular flexibility index (Phi) is 4.73. The fourth-order valence-electron chi connectivity index (χ4n) is 1.45. The normalized spacial score (nSPS) is 11.5. The molecule has 6 nitrogen and oxygen atoms in total. The van der Waals surface area contributed by atoms with E-state index in [-0.39, 0.29) is 10.8 Å². The number of nitrogens with one attached hydrogen (secondary N) is 2. The predicted molar refractivity (Wildman–Crippen MR) is 82.9 cm³/mol. The van der Waals surface area contributed by atoms with Gasteiger partial charge in [0.05, 0.1) is 10.6 Å². The number of carbonyl (C=O) groups excluding carboxylic acids is 1. The maximum Gasteiger partial charge on any atom is 0.262 e. The molecule has 0 fully saturated rings. The number of benzene rings is 1. The molecule has 2 rings (SSSR count). The van der Waals surface area contributed by atoms with Crippen LogP contribution >= 0.6 is 11.3 Å². The lowest BCUT2D eigenvalue weighted by Gasteiger charge is -2.06. The second-order valence-electron chi connectivity index (χ2n) is 4.03. The standard InChI is InChI=1S/C13H13N3O3S2/c14-21(18,19)12-6-3-10(4-7-12)15-16-13(17)8-5-11-2-1-9-20-11/h1-9,15H,(H,16,17)(H2,14,18,19)/b8-5+. The van der Waals surface area contributed by atoms with Crippen LogP contribution in [0.15, 0.2) is 52.7 Å². The van der Waals surface area contributed by atoms with Crippen molar-refractivity contribution >= 4 is 39.0 Å². The van der Waals surface area contributed by atoms with E-state index in [4.69, 9.17) is 5.14 Å². The van der Waals surface area contributed by atoms with Crippen LogP contribution in [0.1, 0.15) is 4.88 Å². The predicted octanol–water partition coefficient (Wildman–Crippen LogP) is 1.55. The number of sulfonamides is 1. The summed E-state index contributed by atoms with van der Waals surface area (Å²) in [5.41, 5.74) is 5.68. The Morgan fingerprint density at radius 2 is 1.90 bits per heavy atom. The van der Waals surface area contributed by atoms with Crippen molar-refractivity contribution in [2.75, 3.05) is 5.43 Å². The van der Waals surface area contributed by atoms with E-state index in [0.717, 1.165) is 4.88 Å². The van der Waals surface area contributed by atoms with Crippen molar-refractivity contribution in [3.8, 4) is 0 Å². The number of amides is 1. The van der Waals surface area contributed by atoms with E-state index < -0.39 is 10.0 Å². The first-order valence-electron chi connectivity index (χ1n) is 5.85. The molecule has 0 aliphatic carbocycles. The quantitative estimate of drug-likeness (QED) is 0.574. The molecule has 1 aromatic heterocycles. The number of primary sulfonamides is 1. The van der Waals surface area contributed by atoms with Crippen molar-refractivity contribution in [3.05, 3.63) is 52.7 Å². The first kappa shape index (κ1) is 15.2. The van der Waals surface area contributed by atoms with Crippen molar-refractivity contribution < 1.29 is 13.2 Å². The van der Waals surface area contributed by atoms with Gasteiger partial charge in [-0.15, -0.1) is 11.3 Å². The van der Waals surface area contributed by atoms with Crippen LogP contribution < -0.4 is 16.0 Å². The van der Waals surface area contributed by atoms with Crippen molar-refractivity contribution in [2.45, 2.75) is 4.90 Å². The van der Waals surface area contributed by atoms with Crippen LogP contribution in [0.4, 0.5) is 5.69 Å². The van der Waals surface area contributed by atoms with Gasteiger partial charge in [-0.05, 0) is 41.8 Å². The highest BCUT2D eigenvalue weighted by Gasteiger charge is 2.06. The third-order valence-electron chi connectivity index (χ3n) is 2.46. The van der Waals surface area contributed by atoms with E-state index in [0.29, 0.717) is 5.69 Å². The molecule has 21 heavy (non-hydrogen) atoms. The molecular formula is C13H13N3O3S2. The molecule has 2 aromatic rings. The highest BCUT2D eigenvalue weighted by Crippen LogP contribution is 2.12. The van der Waals surface area contributed by atoms with E-state index in [1.807, 2.05) is 17.5 Å². The summed E-state index contributed by atoms with van der Waals surface area (Å²) < 4.78 is 22.2. The molecule has 110 valence electrons. The smallest absolute Gasteiger partial charge is 0.262 e. The molecule has 0 atom stereocenters. The van der Waals surface area contributed by atoms with E-state index >= 15 is 0 Å². The molecular weight excluding hydrogens is 310 g/mol. The van der Waals surface area contributed by atoms with E-state index in [1.165, 1.54) is 41.7 Å². The van der Waals surface area contributed by atoms with Crippen molar-refractivity contribution in [1.29, 1.82) is 0 Å². The number of thiophene rings is 1. The van der Waals surface area contributed by atoms with Gasteiger partial charge in [-0.25, -0.2) is 13.6 Å². The second kappa shape index (κ2) is 6.53. The largest absolute Gasteiger partial charge is 0.298 e. The lowest BCUT2D eigenvalue weighted by molar-refractivity contribution is -0.115. The lowest BCUT2D eigenvalue weighted by atomic mass is 10.3. The molecule has 4 N–H and O–H groups in total. The summed E-state index contributed by atoms with van der Waals surface area (Å²) in [4.78, 5) is 12.6. The average Bonchev–Trinajstić information content (AvgIpc) is 2.95. The number of hydrogen-bond acceptors (Lipinski definition) is 5. The van der Waals surface area contributed by atoms with Gasteiger partial charge in [-0.3, -0.25) is 15.6 Å². The van der Waals surface area contributed by atoms with Crippen LogP contribution in [0.5, 0.6) is 0 Å². The first-order valence-corrected chi connectivity index (χ1v) is 8.28. The van der Waals surface area contributed by atoms with Gasteiger partial charge >= 0.3 is 0 Å². The number of rotatable bonds is 5. The van der Waals surface area contributed by atoms with Gasteiger partial charge < -0.3 is 0 Å². The number of anilines is 1. The Balaban J connectivity index is 1.89. The number of nitrogens with two attached hydrogens (primary N) is 1. The molecule has 1 amide bonds. The van der Waals surface area contributed by atoms with Crippen LogP contribution in [0, 0.1) is 0 Å². The molecule has 1 aromatic carbocycles. The van der Waals surface area contributed by atoms with E-state index in [1.54, 1.807) is 6.08 Å². The maximum atomic E-state index is 11.6. The lowest BCUT2D eigenvalue weighted by Crippen LogP contribution is -2.27. The van der Waals surface area contributed by atoms with Gasteiger partial charge in [0.1, 0.15) is 0 Å². The zero-order valence-electron chi connectivity index (χ0n) is 10.8. The fraction of sp³-hybridized carbons (Fsp3) is 0. The molecule has 0 aliphatic rings. The minimum Gasteiger partial charge on any atom is -0.298 e. The highest BCUT2D eigenvalue weighted by molar-refractivity contribution is 7.89. The van der Waals surface area contributed by atoms with Gasteiger partial charge in [0, 0.05) is 11.0 Å². The Hall–Kier alpha value is -2.16.